The van der Waals surface area contributed by atoms with Gasteiger partial charge in [-0.3, -0.25) is 10.1 Å². The second-order valence-electron chi connectivity index (χ2n) is 5.85. The molecule has 0 amide bonds. The highest BCUT2D eigenvalue weighted by molar-refractivity contribution is 5.49. The number of rotatable bonds is 15. The molecule has 0 spiro atoms. The molecule has 0 bridgehead atoms. The number of nitro groups is 1. The minimum atomic E-state index is -0.935. The van der Waals surface area contributed by atoms with Crippen molar-refractivity contribution in [3.63, 3.8) is 0 Å². The molecule has 0 aromatic heterocycles. The smallest absolute Gasteiger partial charge is 0.238 e. The summed E-state index contributed by atoms with van der Waals surface area (Å²) in [4.78, 5) is 20.4. The predicted molar refractivity (Wildman–Crippen MR) is 111 cm³/mol. The average Bonchev–Trinajstić information content (AvgIpc) is 2.64. The van der Waals surface area contributed by atoms with Gasteiger partial charge in [0.15, 0.2) is 0 Å². The van der Waals surface area contributed by atoms with E-state index in [9.17, 15) is 20.0 Å². The first-order valence-corrected chi connectivity index (χ1v) is 9.33. The normalized spacial score (nSPS) is 15.2. The van der Waals surface area contributed by atoms with Crippen LogP contribution in [0.2, 0.25) is 0 Å². The molecule has 1 N–H and O–H groups in total. The molecule has 27 heavy (non-hydrogen) atoms. The second kappa shape index (κ2) is 18.3. The van der Waals surface area contributed by atoms with E-state index in [1.54, 1.807) is 13.0 Å². The topological polar surface area (TPSA) is 80.4 Å². The van der Waals surface area contributed by atoms with Crippen molar-refractivity contribution >= 4 is 6.29 Å². The van der Waals surface area contributed by atoms with E-state index < -0.39 is 17.1 Å². The number of hydrogen-bond donors (Lipinski definition) is 1. The number of aliphatic hydroxyl groups is 1. The van der Waals surface area contributed by atoms with Gasteiger partial charge in [-0.05, 0) is 25.7 Å². The van der Waals surface area contributed by atoms with E-state index in [1.165, 1.54) is 0 Å². The molecule has 0 fully saturated rings. The molecule has 0 saturated heterocycles. The zero-order valence-electron chi connectivity index (χ0n) is 16.0. The first kappa shape index (κ1) is 24.5. The Kier molecular flexibility index (Phi) is 16.6. The lowest BCUT2D eigenvalue weighted by Crippen LogP contribution is -2.32. The highest BCUT2D eigenvalue weighted by atomic mass is 16.6. The molecule has 2 atom stereocenters. The van der Waals surface area contributed by atoms with Gasteiger partial charge in [0, 0.05) is 17.8 Å². The Hall–Kier alpha value is -2.53. The fraction of sp³-hybridized carbons (Fsp3) is 0.409. The summed E-state index contributed by atoms with van der Waals surface area (Å²) in [5.74, 6) is 0. The quantitative estimate of drug-likeness (QED) is 0.111. The largest absolute Gasteiger partial charge is 0.386 e. The van der Waals surface area contributed by atoms with Gasteiger partial charge in [-0.1, -0.05) is 79.8 Å². The molecule has 0 aliphatic rings. The summed E-state index contributed by atoms with van der Waals surface area (Å²) >= 11 is 0. The van der Waals surface area contributed by atoms with Gasteiger partial charge in [-0.2, -0.15) is 0 Å². The Morgan fingerprint density at radius 3 is 1.93 bits per heavy atom. The van der Waals surface area contributed by atoms with Crippen molar-refractivity contribution in [1.82, 2.24) is 0 Å². The summed E-state index contributed by atoms with van der Waals surface area (Å²) in [7, 11) is 0. The zero-order valence-corrected chi connectivity index (χ0v) is 16.0. The summed E-state index contributed by atoms with van der Waals surface area (Å²) in [6.07, 6.45) is 26.9. The maximum absolute atomic E-state index is 10.7. The number of carbonyl (C=O) groups excluding carboxylic acids is 1. The minimum Gasteiger partial charge on any atom is -0.386 e. The first-order valence-electron chi connectivity index (χ1n) is 9.33. The van der Waals surface area contributed by atoms with Crippen LogP contribution in [-0.4, -0.2) is 28.5 Å². The van der Waals surface area contributed by atoms with Gasteiger partial charge < -0.3 is 9.90 Å². The highest BCUT2D eigenvalue weighted by Gasteiger charge is 2.26. The number of unbranched alkanes of at least 4 members (excludes halogenated alkanes) is 1. The fourth-order valence-electron chi connectivity index (χ4n) is 2.16. The molecule has 0 radical (unpaired) electrons. The van der Waals surface area contributed by atoms with Gasteiger partial charge in [0.25, 0.3) is 0 Å². The second-order valence-corrected chi connectivity index (χ2v) is 5.85. The number of allylic oxidation sites excluding steroid dienone is 11. The zero-order chi connectivity index (χ0) is 20.2. The molecule has 5 nitrogen and oxygen atoms in total. The van der Waals surface area contributed by atoms with Gasteiger partial charge >= 0.3 is 0 Å². The Bertz CT molecular complexity index is 571. The number of nitrogens with zero attached hydrogens (tertiary/aromatic N) is 1. The maximum atomic E-state index is 10.7. The van der Waals surface area contributed by atoms with E-state index >= 15 is 0 Å². The number of aliphatic hydroxyl groups excluding tert-OH is 1. The first-order chi connectivity index (χ1) is 13.1. The molecule has 0 rings (SSSR count). The summed E-state index contributed by atoms with van der Waals surface area (Å²) < 4.78 is 0. The molecular formula is C22H31NO4. The van der Waals surface area contributed by atoms with Gasteiger partial charge in [0.2, 0.25) is 6.04 Å². The van der Waals surface area contributed by atoms with Crippen LogP contribution in [0.25, 0.3) is 0 Å². The van der Waals surface area contributed by atoms with Crippen molar-refractivity contribution in [3.8, 4) is 0 Å². The van der Waals surface area contributed by atoms with Gasteiger partial charge in [-0.15, -0.1) is 0 Å². The van der Waals surface area contributed by atoms with Crippen LogP contribution in [-0.2, 0) is 4.79 Å². The summed E-state index contributed by atoms with van der Waals surface area (Å²) in [5.41, 5.74) is 0. The van der Waals surface area contributed by atoms with E-state index in [0.717, 1.165) is 19.1 Å². The SMILES string of the molecule is CCC(C(O)C/C=C\C\C=C/C=C\C=C/C=C\C/C=C\CCC=O)[N+](=O)[O-]. The Labute approximate surface area is 162 Å². The van der Waals surface area contributed by atoms with Gasteiger partial charge in [0.05, 0.1) is 0 Å². The van der Waals surface area contributed by atoms with Crippen molar-refractivity contribution in [2.45, 2.75) is 57.6 Å². The van der Waals surface area contributed by atoms with Crippen molar-refractivity contribution in [1.29, 1.82) is 0 Å². The predicted octanol–water partition coefficient (Wildman–Crippen LogP) is 4.89. The lowest BCUT2D eigenvalue weighted by molar-refractivity contribution is -0.534. The monoisotopic (exact) mass is 373 g/mol. The van der Waals surface area contributed by atoms with E-state index in [4.69, 9.17) is 0 Å². The minimum absolute atomic E-state index is 0.296. The standard InChI is InChI=1S/C22H31NO4/c1-2-21(23(26)27)22(25)19-17-15-13-11-9-7-5-3-4-6-8-10-12-14-16-18-20-24/h3-9,11-12,14-15,17,20-22,25H,2,10,13,16,18-19H2,1H3/b4-3-,7-5-,8-6-,11-9-,14-12-,17-15-. The third kappa shape index (κ3) is 15.4. The van der Waals surface area contributed by atoms with E-state index in [1.807, 2.05) is 66.8 Å². The van der Waals surface area contributed by atoms with Crippen molar-refractivity contribution < 1.29 is 14.8 Å². The summed E-state index contributed by atoms with van der Waals surface area (Å²) in [5, 5.41) is 20.5. The Balaban J connectivity index is 3.88. The van der Waals surface area contributed by atoms with Crippen LogP contribution >= 0.6 is 0 Å². The molecule has 0 aromatic rings. The summed E-state index contributed by atoms with van der Waals surface area (Å²) in [6, 6.07) is -0.896. The van der Waals surface area contributed by atoms with Crippen molar-refractivity contribution in [2.75, 3.05) is 0 Å². The number of aldehydes is 1. The average molecular weight is 373 g/mol. The third-order valence-electron chi connectivity index (χ3n) is 3.67. The summed E-state index contributed by atoms with van der Waals surface area (Å²) in [6.45, 7) is 1.70. The molecule has 2 unspecified atom stereocenters. The molecular weight excluding hydrogens is 342 g/mol. The van der Waals surface area contributed by atoms with Crippen LogP contribution in [0.5, 0.6) is 0 Å². The molecule has 0 saturated carbocycles. The van der Waals surface area contributed by atoms with Crippen molar-refractivity contribution in [3.05, 3.63) is 83.0 Å². The molecule has 0 aliphatic heterocycles. The van der Waals surface area contributed by atoms with Crippen LogP contribution in [0, 0.1) is 10.1 Å². The Morgan fingerprint density at radius 1 is 0.852 bits per heavy atom. The Morgan fingerprint density at radius 2 is 1.41 bits per heavy atom. The maximum Gasteiger partial charge on any atom is 0.238 e. The molecule has 0 heterocycles. The number of carbonyl (C=O) groups is 1. The van der Waals surface area contributed by atoms with Crippen molar-refractivity contribution in [2.24, 2.45) is 0 Å². The molecule has 5 heteroatoms. The van der Waals surface area contributed by atoms with E-state index in [0.29, 0.717) is 25.7 Å². The van der Waals surface area contributed by atoms with Crippen LogP contribution in [0.15, 0.2) is 72.9 Å². The van der Waals surface area contributed by atoms with Crippen LogP contribution in [0.1, 0.15) is 45.4 Å². The van der Waals surface area contributed by atoms with Crippen LogP contribution in [0.3, 0.4) is 0 Å². The van der Waals surface area contributed by atoms with Gasteiger partial charge in [0.1, 0.15) is 12.4 Å². The number of hydrogen-bond acceptors (Lipinski definition) is 4. The lowest BCUT2D eigenvalue weighted by Gasteiger charge is -2.12. The lowest BCUT2D eigenvalue weighted by atomic mass is 10.1. The molecule has 148 valence electrons. The highest BCUT2D eigenvalue weighted by Crippen LogP contribution is 2.08. The third-order valence-corrected chi connectivity index (χ3v) is 3.67. The van der Waals surface area contributed by atoms with E-state index in [-0.39, 0.29) is 0 Å². The fourth-order valence-corrected chi connectivity index (χ4v) is 2.16. The van der Waals surface area contributed by atoms with E-state index in [2.05, 4.69) is 0 Å². The van der Waals surface area contributed by atoms with Gasteiger partial charge in [-0.25, -0.2) is 0 Å². The molecule has 0 aliphatic carbocycles. The molecule has 0 aromatic carbocycles. The van der Waals surface area contributed by atoms with Crippen LogP contribution in [0.4, 0.5) is 0 Å². The van der Waals surface area contributed by atoms with Crippen LogP contribution < -0.4 is 0 Å².